The SMILES string of the molecule is O=C(NC1CC1)C(O)[C@H](C[C@@H]1CC2(CC2)NC1=O)C(=O)N[C@@H]1NC[C@@H]2CCC[C@@H]21. The van der Waals surface area contributed by atoms with Gasteiger partial charge >= 0.3 is 0 Å². The lowest BCUT2D eigenvalue weighted by Gasteiger charge is -2.27. The Morgan fingerprint density at radius 1 is 1.14 bits per heavy atom. The first-order valence-corrected chi connectivity index (χ1v) is 11.3. The number of carbonyl (C=O) groups excluding carboxylic acids is 3. The molecule has 3 aliphatic carbocycles. The number of nitrogens with one attached hydrogen (secondary N) is 4. The number of hydrogen-bond acceptors (Lipinski definition) is 5. The fourth-order valence-electron chi connectivity index (χ4n) is 5.64. The zero-order valence-electron chi connectivity index (χ0n) is 16.8. The minimum absolute atomic E-state index is 0.0510. The van der Waals surface area contributed by atoms with Gasteiger partial charge in [-0.05, 0) is 63.2 Å². The van der Waals surface area contributed by atoms with E-state index in [2.05, 4.69) is 21.3 Å². The van der Waals surface area contributed by atoms with Gasteiger partial charge in [0.2, 0.25) is 17.7 Å². The summed E-state index contributed by atoms with van der Waals surface area (Å²) in [5.41, 5.74) is -0.0892. The van der Waals surface area contributed by atoms with Crippen LogP contribution < -0.4 is 21.3 Å². The van der Waals surface area contributed by atoms with Gasteiger partial charge in [0.25, 0.3) is 0 Å². The fraction of sp³-hybridized carbons (Fsp3) is 0.857. The third kappa shape index (κ3) is 3.89. The summed E-state index contributed by atoms with van der Waals surface area (Å²) in [7, 11) is 0. The van der Waals surface area contributed by atoms with Crippen LogP contribution in [-0.4, -0.2) is 53.2 Å². The summed E-state index contributed by atoms with van der Waals surface area (Å²) in [5.74, 6) is -1.10. The molecule has 8 nitrogen and oxygen atoms in total. The van der Waals surface area contributed by atoms with Crippen LogP contribution >= 0.6 is 0 Å². The topological polar surface area (TPSA) is 120 Å². The lowest BCUT2D eigenvalue weighted by Crippen LogP contribution is -2.52. The number of hydrogen-bond donors (Lipinski definition) is 5. The number of amides is 3. The molecule has 8 heteroatoms. The molecule has 29 heavy (non-hydrogen) atoms. The summed E-state index contributed by atoms with van der Waals surface area (Å²) >= 11 is 0. The molecule has 1 spiro atoms. The first-order valence-electron chi connectivity index (χ1n) is 11.3. The van der Waals surface area contributed by atoms with E-state index in [1.165, 1.54) is 12.8 Å². The maximum atomic E-state index is 13.2. The van der Waals surface area contributed by atoms with E-state index in [1.807, 2.05) is 0 Å². The van der Waals surface area contributed by atoms with Crippen molar-refractivity contribution in [1.82, 2.24) is 21.3 Å². The van der Waals surface area contributed by atoms with E-state index in [0.717, 1.165) is 38.6 Å². The van der Waals surface area contributed by atoms with Gasteiger partial charge in [0, 0.05) is 24.0 Å². The number of aliphatic hydroxyl groups excluding tert-OH is 1. The second-order valence-corrected chi connectivity index (χ2v) is 9.99. The molecule has 3 amide bonds. The van der Waals surface area contributed by atoms with Gasteiger partial charge in [-0.1, -0.05) is 6.42 Å². The Bertz CT molecular complexity index is 705. The van der Waals surface area contributed by atoms with E-state index in [4.69, 9.17) is 0 Å². The van der Waals surface area contributed by atoms with E-state index < -0.39 is 17.9 Å². The highest BCUT2D eigenvalue weighted by molar-refractivity contribution is 5.90. The summed E-state index contributed by atoms with van der Waals surface area (Å²) in [6.45, 7) is 0.901. The number of rotatable bonds is 7. The van der Waals surface area contributed by atoms with Crippen LogP contribution in [0.3, 0.4) is 0 Å². The maximum Gasteiger partial charge on any atom is 0.249 e. The first-order chi connectivity index (χ1) is 13.9. The highest BCUT2D eigenvalue weighted by Gasteiger charge is 2.53. The molecule has 2 heterocycles. The minimum atomic E-state index is -1.43. The Kier molecular flexibility index (Phi) is 4.81. The van der Waals surface area contributed by atoms with Crippen molar-refractivity contribution in [2.45, 2.75) is 81.6 Å². The second kappa shape index (κ2) is 7.23. The van der Waals surface area contributed by atoms with Gasteiger partial charge in [-0.25, -0.2) is 0 Å². The highest BCUT2D eigenvalue weighted by Crippen LogP contribution is 2.47. The third-order valence-corrected chi connectivity index (χ3v) is 7.74. The van der Waals surface area contributed by atoms with Crippen LogP contribution in [-0.2, 0) is 14.4 Å². The lowest BCUT2D eigenvalue weighted by atomic mass is 9.86. The van der Waals surface area contributed by atoms with Crippen molar-refractivity contribution in [2.75, 3.05) is 6.54 Å². The summed E-state index contributed by atoms with van der Waals surface area (Å²) in [4.78, 5) is 38.1. The molecule has 5 fully saturated rings. The Morgan fingerprint density at radius 2 is 1.93 bits per heavy atom. The number of carbonyl (C=O) groups is 3. The maximum absolute atomic E-state index is 13.2. The van der Waals surface area contributed by atoms with Crippen LogP contribution in [0.1, 0.15) is 57.8 Å². The van der Waals surface area contributed by atoms with Gasteiger partial charge in [0.15, 0.2) is 0 Å². The molecule has 3 saturated carbocycles. The Hall–Kier alpha value is -1.67. The smallest absolute Gasteiger partial charge is 0.249 e. The molecule has 1 unspecified atom stereocenters. The number of aliphatic hydroxyl groups is 1. The zero-order chi connectivity index (χ0) is 20.2. The van der Waals surface area contributed by atoms with Crippen LogP contribution in [0.5, 0.6) is 0 Å². The molecule has 160 valence electrons. The predicted molar refractivity (Wildman–Crippen MR) is 104 cm³/mol. The molecule has 0 radical (unpaired) electrons. The van der Waals surface area contributed by atoms with E-state index in [1.54, 1.807) is 0 Å². The Morgan fingerprint density at radius 3 is 2.62 bits per heavy atom. The minimum Gasteiger partial charge on any atom is -0.382 e. The van der Waals surface area contributed by atoms with Crippen molar-refractivity contribution in [3.05, 3.63) is 0 Å². The molecular weight excluding hydrogens is 372 g/mol. The standard InChI is InChI=1S/C21H32N4O4/c26-16(20(29)23-13-4-5-13)15(8-12-9-21(6-7-21)25-18(12)27)19(28)24-17-14-3-1-2-11(14)10-22-17/h11-17,22,26H,1-10H2,(H,23,29)(H,24,28)(H,25,27)/t11-,12+,14-,15-,16?,17-/m0/s1. The second-order valence-electron chi connectivity index (χ2n) is 9.99. The normalized spacial score (nSPS) is 36.4. The summed E-state index contributed by atoms with van der Waals surface area (Å²) < 4.78 is 0. The van der Waals surface area contributed by atoms with Crippen LogP contribution in [0.2, 0.25) is 0 Å². The van der Waals surface area contributed by atoms with Crippen LogP contribution in [0.4, 0.5) is 0 Å². The van der Waals surface area contributed by atoms with Crippen molar-refractivity contribution in [2.24, 2.45) is 23.7 Å². The monoisotopic (exact) mass is 404 g/mol. The van der Waals surface area contributed by atoms with Crippen molar-refractivity contribution < 1.29 is 19.5 Å². The molecule has 2 aliphatic heterocycles. The van der Waals surface area contributed by atoms with E-state index >= 15 is 0 Å². The van der Waals surface area contributed by atoms with Gasteiger partial charge in [-0.3, -0.25) is 19.7 Å². The highest BCUT2D eigenvalue weighted by atomic mass is 16.3. The zero-order valence-corrected chi connectivity index (χ0v) is 16.8. The van der Waals surface area contributed by atoms with E-state index in [-0.39, 0.29) is 41.9 Å². The summed E-state index contributed by atoms with van der Waals surface area (Å²) in [6, 6.07) is 0.112. The Balaban J connectivity index is 1.27. The average Bonchev–Trinajstić information content (AvgIpc) is 3.51. The van der Waals surface area contributed by atoms with Crippen LogP contribution in [0, 0.1) is 23.7 Å². The van der Waals surface area contributed by atoms with Crippen molar-refractivity contribution >= 4 is 17.7 Å². The van der Waals surface area contributed by atoms with Crippen molar-refractivity contribution in [1.29, 1.82) is 0 Å². The first kappa shape index (κ1) is 19.3. The largest absolute Gasteiger partial charge is 0.382 e. The van der Waals surface area contributed by atoms with Crippen molar-refractivity contribution in [3.8, 4) is 0 Å². The average molecular weight is 405 g/mol. The molecule has 0 aromatic heterocycles. The lowest BCUT2D eigenvalue weighted by molar-refractivity contribution is -0.142. The summed E-state index contributed by atoms with van der Waals surface area (Å²) in [5, 5.41) is 23.0. The Labute approximate surface area is 170 Å². The van der Waals surface area contributed by atoms with Crippen LogP contribution in [0.25, 0.3) is 0 Å². The molecule has 6 atom stereocenters. The van der Waals surface area contributed by atoms with E-state index in [9.17, 15) is 19.5 Å². The quantitative estimate of drug-likeness (QED) is 0.401. The molecule has 2 saturated heterocycles. The fourth-order valence-corrected chi connectivity index (χ4v) is 5.64. The molecule has 5 aliphatic rings. The van der Waals surface area contributed by atoms with Gasteiger partial charge in [-0.15, -0.1) is 0 Å². The predicted octanol–water partition coefficient (Wildman–Crippen LogP) is -0.237. The molecule has 0 bridgehead atoms. The number of fused-ring (bicyclic) bond motifs is 1. The van der Waals surface area contributed by atoms with Gasteiger partial charge in [0.05, 0.1) is 12.1 Å². The molecule has 5 rings (SSSR count). The molecule has 5 N–H and O–H groups in total. The molecule has 0 aromatic carbocycles. The van der Waals surface area contributed by atoms with Gasteiger partial charge in [-0.2, -0.15) is 0 Å². The molecule has 0 aromatic rings. The van der Waals surface area contributed by atoms with Gasteiger partial charge in [0.1, 0.15) is 6.10 Å². The third-order valence-electron chi connectivity index (χ3n) is 7.74. The summed E-state index contributed by atoms with van der Waals surface area (Å²) in [6.07, 6.45) is 6.61. The van der Waals surface area contributed by atoms with Crippen molar-refractivity contribution in [3.63, 3.8) is 0 Å². The van der Waals surface area contributed by atoms with E-state index in [0.29, 0.717) is 18.3 Å². The van der Waals surface area contributed by atoms with Gasteiger partial charge < -0.3 is 21.1 Å². The van der Waals surface area contributed by atoms with Crippen LogP contribution in [0.15, 0.2) is 0 Å². The molecular formula is C21H32N4O4.